The second kappa shape index (κ2) is 5.44. The molecule has 1 fully saturated rings. The van der Waals surface area contributed by atoms with Gasteiger partial charge in [-0.1, -0.05) is 6.92 Å². The molecular weight excluding hydrogens is 196 g/mol. The van der Waals surface area contributed by atoms with Crippen LogP contribution in [0.4, 0.5) is 0 Å². The lowest BCUT2D eigenvalue weighted by Gasteiger charge is -2.27. The molecule has 3 unspecified atom stereocenters. The van der Waals surface area contributed by atoms with Crippen LogP contribution in [0, 0.1) is 5.92 Å². The minimum atomic E-state index is -0.616. The van der Waals surface area contributed by atoms with E-state index in [1.165, 1.54) is 7.11 Å². The van der Waals surface area contributed by atoms with E-state index >= 15 is 0 Å². The van der Waals surface area contributed by atoms with E-state index in [4.69, 9.17) is 10.5 Å². The number of nitrogens with zero attached hydrogens (tertiary/aromatic N) is 1. The van der Waals surface area contributed by atoms with Gasteiger partial charge in [-0.15, -0.1) is 0 Å². The summed E-state index contributed by atoms with van der Waals surface area (Å²) in [5, 5.41) is 9.20. The summed E-state index contributed by atoms with van der Waals surface area (Å²) in [4.78, 5) is 13.5. The molecule has 1 saturated heterocycles. The van der Waals surface area contributed by atoms with Crippen molar-refractivity contribution in [3.8, 4) is 0 Å². The molecule has 3 N–H and O–H groups in total. The topological polar surface area (TPSA) is 75.8 Å². The molecule has 0 radical (unpaired) electrons. The maximum atomic E-state index is 11.9. The van der Waals surface area contributed by atoms with E-state index in [0.29, 0.717) is 12.5 Å². The van der Waals surface area contributed by atoms with E-state index in [2.05, 4.69) is 0 Å². The van der Waals surface area contributed by atoms with Crippen LogP contribution in [0.5, 0.6) is 0 Å². The number of aliphatic hydroxyl groups excluding tert-OH is 1. The van der Waals surface area contributed by atoms with E-state index in [0.717, 1.165) is 6.42 Å². The fourth-order valence-electron chi connectivity index (χ4n) is 2.02. The van der Waals surface area contributed by atoms with Gasteiger partial charge < -0.3 is 20.5 Å². The van der Waals surface area contributed by atoms with Gasteiger partial charge in [0.15, 0.2) is 0 Å². The highest BCUT2D eigenvalue weighted by molar-refractivity contribution is 5.82. The molecule has 0 spiro atoms. The second-order valence-electron chi connectivity index (χ2n) is 4.11. The summed E-state index contributed by atoms with van der Waals surface area (Å²) in [5.74, 6) is 0.217. The number of rotatable bonds is 4. The van der Waals surface area contributed by atoms with Crippen LogP contribution in [0.3, 0.4) is 0 Å². The van der Waals surface area contributed by atoms with E-state index in [-0.39, 0.29) is 25.2 Å². The first-order valence-corrected chi connectivity index (χ1v) is 5.27. The van der Waals surface area contributed by atoms with Crippen molar-refractivity contribution in [2.45, 2.75) is 25.4 Å². The average molecular weight is 216 g/mol. The van der Waals surface area contributed by atoms with Gasteiger partial charge in [-0.05, 0) is 12.3 Å². The molecule has 0 aromatic heterocycles. The molecule has 3 atom stereocenters. The van der Waals surface area contributed by atoms with Crippen LogP contribution < -0.4 is 5.73 Å². The molecule has 0 aromatic carbocycles. The Labute approximate surface area is 90.2 Å². The zero-order valence-electron chi connectivity index (χ0n) is 9.35. The van der Waals surface area contributed by atoms with Crippen molar-refractivity contribution in [3.05, 3.63) is 0 Å². The van der Waals surface area contributed by atoms with E-state index in [1.54, 1.807) is 4.90 Å². The van der Waals surface area contributed by atoms with Crippen molar-refractivity contribution in [2.75, 3.05) is 26.9 Å². The van der Waals surface area contributed by atoms with Crippen molar-refractivity contribution in [3.63, 3.8) is 0 Å². The van der Waals surface area contributed by atoms with Crippen LogP contribution in [0.1, 0.15) is 13.3 Å². The molecule has 1 rings (SSSR count). The smallest absolute Gasteiger partial charge is 0.242 e. The highest BCUT2D eigenvalue weighted by Crippen LogP contribution is 2.23. The lowest BCUT2D eigenvalue weighted by atomic mass is 10.0. The highest BCUT2D eigenvalue weighted by atomic mass is 16.5. The van der Waals surface area contributed by atoms with Crippen molar-refractivity contribution in [1.82, 2.24) is 4.90 Å². The molecule has 1 aliphatic heterocycles. The molecular formula is C10H20N2O3. The van der Waals surface area contributed by atoms with E-state index < -0.39 is 6.04 Å². The molecule has 1 aliphatic rings. The molecule has 5 nitrogen and oxygen atoms in total. The number of carbonyl (C=O) groups is 1. The van der Waals surface area contributed by atoms with Crippen LogP contribution in [-0.4, -0.2) is 54.9 Å². The second-order valence-corrected chi connectivity index (χ2v) is 4.11. The third-order valence-electron chi connectivity index (χ3n) is 3.02. The number of amides is 1. The van der Waals surface area contributed by atoms with Crippen molar-refractivity contribution >= 4 is 5.91 Å². The van der Waals surface area contributed by atoms with Crippen molar-refractivity contribution < 1.29 is 14.6 Å². The van der Waals surface area contributed by atoms with Gasteiger partial charge in [0.25, 0.3) is 0 Å². The first kappa shape index (κ1) is 12.4. The summed E-state index contributed by atoms with van der Waals surface area (Å²) >= 11 is 0. The molecule has 0 bridgehead atoms. The average Bonchev–Trinajstić information content (AvgIpc) is 2.58. The van der Waals surface area contributed by atoms with Gasteiger partial charge in [0, 0.05) is 13.7 Å². The molecule has 15 heavy (non-hydrogen) atoms. The van der Waals surface area contributed by atoms with Gasteiger partial charge in [0.05, 0.1) is 19.3 Å². The largest absolute Gasteiger partial charge is 0.394 e. The molecule has 5 heteroatoms. The zero-order chi connectivity index (χ0) is 11.4. The van der Waals surface area contributed by atoms with Gasteiger partial charge in [-0.3, -0.25) is 4.79 Å². The quantitative estimate of drug-likeness (QED) is 0.644. The minimum Gasteiger partial charge on any atom is -0.394 e. The molecule has 0 saturated carbocycles. The first-order valence-electron chi connectivity index (χ1n) is 5.27. The van der Waals surface area contributed by atoms with E-state index in [9.17, 15) is 9.90 Å². The Balaban J connectivity index is 2.59. The van der Waals surface area contributed by atoms with Gasteiger partial charge >= 0.3 is 0 Å². The van der Waals surface area contributed by atoms with Crippen LogP contribution in [0.25, 0.3) is 0 Å². The lowest BCUT2D eigenvalue weighted by Crippen LogP contribution is -2.49. The third-order valence-corrected chi connectivity index (χ3v) is 3.02. The number of likely N-dealkylation sites (tertiary alicyclic amines) is 1. The fraction of sp³-hybridized carbons (Fsp3) is 0.900. The number of methoxy groups -OCH3 is 1. The molecule has 88 valence electrons. The summed E-state index contributed by atoms with van der Waals surface area (Å²) in [6.45, 7) is 2.95. The lowest BCUT2D eigenvalue weighted by molar-refractivity contribution is -0.135. The SMILES string of the molecule is COCC(N)C(=O)N1CCC(C)C1CO. The standard InChI is InChI=1S/C10H20N2O3/c1-7-3-4-12(9(7)5-13)10(14)8(11)6-15-2/h7-9,13H,3-6,11H2,1-2H3. The number of ether oxygens (including phenoxy) is 1. The Kier molecular flexibility index (Phi) is 4.50. The van der Waals surface area contributed by atoms with Crippen molar-refractivity contribution in [2.24, 2.45) is 11.7 Å². The van der Waals surface area contributed by atoms with Gasteiger partial charge in [-0.25, -0.2) is 0 Å². The maximum absolute atomic E-state index is 11.9. The maximum Gasteiger partial charge on any atom is 0.242 e. The van der Waals surface area contributed by atoms with Gasteiger partial charge in [0.2, 0.25) is 5.91 Å². The van der Waals surface area contributed by atoms with E-state index in [1.807, 2.05) is 6.92 Å². The monoisotopic (exact) mass is 216 g/mol. The van der Waals surface area contributed by atoms with Crippen LogP contribution in [0.15, 0.2) is 0 Å². The fourth-order valence-corrected chi connectivity index (χ4v) is 2.02. The first-order chi connectivity index (χ1) is 7.11. The summed E-state index contributed by atoms with van der Waals surface area (Å²) in [6.07, 6.45) is 0.927. The highest BCUT2D eigenvalue weighted by Gasteiger charge is 2.35. The number of hydrogen-bond acceptors (Lipinski definition) is 4. The summed E-state index contributed by atoms with van der Waals surface area (Å²) < 4.78 is 4.85. The predicted molar refractivity (Wildman–Crippen MR) is 56.2 cm³/mol. The number of carbonyl (C=O) groups excluding carboxylic acids is 1. The Morgan fingerprint density at radius 1 is 1.73 bits per heavy atom. The molecule has 0 aliphatic carbocycles. The molecule has 0 aromatic rings. The van der Waals surface area contributed by atoms with Gasteiger partial charge in [0.1, 0.15) is 6.04 Å². The summed E-state index contributed by atoms with van der Waals surface area (Å²) in [7, 11) is 1.52. The normalized spacial score (nSPS) is 28.1. The molecule has 1 heterocycles. The van der Waals surface area contributed by atoms with Crippen LogP contribution in [-0.2, 0) is 9.53 Å². The number of aliphatic hydroxyl groups is 1. The Bertz CT molecular complexity index is 223. The Hall–Kier alpha value is -0.650. The van der Waals surface area contributed by atoms with Crippen molar-refractivity contribution in [1.29, 1.82) is 0 Å². The predicted octanol–water partition coefficient (Wildman–Crippen LogP) is -0.811. The number of nitrogens with two attached hydrogens (primary N) is 1. The molecule has 1 amide bonds. The number of hydrogen-bond donors (Lipinski definition) is 2. The Morgan fingerprint density at radius 2 is 2.40 bits per heavy atom. The van der Waals surface area contributed by atoms with Gasteiger partial charge in [-0.2, -0.15) is 0 Å². The van der Waals surface area contributed by atoms with Crippen LogP contribution in [0.2, 0.25) is 0 Å². The summed E-state index contributed by atoms with van der Waals surface area (Å²) in [6, 6.07) is -0.699. The third kappa shape index (κ3) is 2.68. The summed E-state index contributed by atoms with van der Waals surface area (Å²) in [5.41, 5.74) is 5.67. The zero-order valence-corrected chi connectivity index (χ0v) is 9.35. The Morgan fingerprint density at radius 3 is 2.93 bits per heavy atom. The van der Waals surface area contributed by atoms with Crippen LogP contribution >= 0.6 is 0 Å². The minimum absolute atomic E-state index is 0.00656.